The maximum Gasteiger partial charge on any atom is 0.215 e. The number of hydrogen-bond donors (Lipinski definition) is 2. The van der Waals surface area contributed by atoms with Crippen LogP contribution >= 0.6 is 0 Å². The summed E-state index contributed by atoms with van der Waals surface area (Å²) in [5, 5.41) is 3.27. The van der Waals surface area contributed by atoms with Crippen molar-refractivity contribution in [3.8, 4) is 0 Å². The minimum Gasteiger partial charge on any atom is -0.384 e. The van der Waals surface area contributed by atoms with E-state index < -0.39 is 10.0 Å². The lowest BCUT2D eigenvalue weighted by molar-refractivity contribution is 0.0577. The molecule has 0 unspecified atom stereocenters. The third-order valence-corrected chi connectivity index (χ3v) is 5.35. The van der Waals surface area contributed by atoms with Gasteiger partial charge in [-0.1, -0.05) is 12.1 Å². The molecule has 124 valence electrons. The normalized spacial score (nSPS) is 18.3. The van der Waals surface area contributed by atoms with Crippen LogP contribution in [0.5, 0.6) is 0 Å². The van der Waals surface area contributed by atoms with Crippen molar-refractivity contribution in [2.24, 2.45) is 5.41 Å². The Morgan fingerprint density at radius 3 is 2.50 bits per heavy atom. The molecule has 2 rings (SSSR count). The Labute approximate surface area is 131 Å². The molecule has 1 aromatic carbocycles. The van der Waals surface area contributed by atoms with Gasteiger partial charge >= 0.3 is 0 Å². The van der Waals surface area contributed by atoms with Gasteiger partial charge in [-0.15, -0.1) is 0 Å². The van der Waals surface area contributed by atoms with Gasteiger partial charge in [0.05, 0.1) is 12.4 Å². The highest BCUT2D eigenvalue weighted by molar-refractivity contribution is 7.88. The molecule has 0 aliphatic carbocycles. The van der Waals surface area contributed by atoms with Crippen LogP contribution in [0.15, 0.2) is 24.3 Å². The SMILES string of the molecule is COCC1(CNS(=O)(=O)Cc2ccc(F)cc2)CCNCC1. The average Bonchev–Trinajstić information content (AvgIpc) is 2.49. The van der Waals surface area contributed by atoms with Crippen molar-refractivity contribution >= 4 is 10.0 Å². The van der Waals surface area contributed by atoms with Crippen molar-refractivity contribution in [2.45, 2.75) is 18.6 Å². The summed E-state index contributed by atoms with van der Waals surface area (Å²) in [4.78, 5) is 0. The lowest BCUT2D eigenvalue weighted by Crippen LogP contribution is -2.47. The zero-order valence-corrected chi connectivity index (χ0v) is 13.6. The molecule has 0 atom stereocenters. The second-order valence-electron chi connectivity index (χ2n) is 5.89. The molecule has 1 aliphatic heterocycles. The standard InChI is InChI=1S/C15H23FN2O3S/c1-21-12-15(6-8-17-9-7-15)11-18-22(19,20)10-13-2-4-14(16)5-3-13/h2-5,17-18H,6-12H2,1H3. The summed E-state index contributed by atoms with van der Waals surface area (Å²) in [6, 6.07) is 5.52. The molecule has 1 aliphatic rings. The highest BCUT2D eigenvalue weighted by Gasteiger charge is 2.33. The second-order valence-corrected chi connectivity index (χ2v) is 7.70. The van der Waals surface area contributed by atoms with E-state index in [0.717, 1.165) is 25.9 Å². The number of nitrogens with one attached hydrogen (secondary N) is 2. The van der Waals surface area contributed by atoms with Gasteiger partial charge in [0.15, 0.2) is 0 Å². The zero-order chi connectivity index (χ0) is 16.1. The third kappa shape index (κ3) is 5.01. The van der Waals surface area contributed by atoms with Gasteiger partial charge in [0.25, 0.3) is 0 Å². The minimum atomic E-state index is -3.45. The van der Waals surface area contributed by atoms with Gasteiger partial charge in [-0.3, -0.25) is 0 Å². The predicted octanol–water partition coefficient (Wildman–Crippen LogP) is 1.26. The molecule has 0 spiro atoms. The van der Waals surface area contributed by atoms with E-state index >= 15 is 0 Å². The number of hydrogen-bond acceptors (Lipinski definition) is 4. The Kier molecular flexibility index (Phi) is 5.91. The molecule has 1 aromatic rings. The number of methoxy groups -OCH3 is 1. The van der Waals surface area contributed by atoms with Crippen molar-refractivity contribution in [2.75, 3.05) is 33.4 Å². The summed E-state index contributed by atoms with van der Waals surface area (Å²) in [5.41, 5.74) is 0.413. The first kappa shape index (κ1) is 17.3. The van der Waals surface area contributed by atoms with Gasteiger partial charge in [0.1, 0.15) is 5.82 Å². The maximum atomic E-state index is 12.9. The van der Waals surface area contributed by atoms with E-state index in [2.05, 4.69) is 10.0 Å². The van der Waals surface area contributed by atoms with Crippen LogP contribution in [0.1, 0.15) is 18.4 Å². The monoisotopic (exact) mass is 330 g/mol. The number of benzene rings is 1. The molecule has 0 saturated carbocycles. The van der Waals surface area contributed by atoms with Crippen LogP contribution in [-0.2, 0) is 20.5 Å². The number of sulfonamides is 1. The van der Waals surface area contributed by atoms with Crippen LogP contribution in [0.25, 0.3) is 0 Å². The number of piperidine rings is 1. The van der Waals surface area contributed by atoms with Gasteiger partial charge in [-0.05, 0) is 43.6 Å². The van der Waals surface area contributed by atoms with Gasteiger partial charge in [0, 0.05) is 19.1 Å². The molecular formula is C15H23FN2O3S. The molecule has 1 fully saturated rings. The number of halogens is 1. The van der Waals surface area contributed by atoms with Crippen molar-refractivity contribution in [3.05, 3.63) is 35.6 Å². The Hall–Kier alpha value is -1.02. The van der Waals surface area contributed by atoms with Crippen LogP contribution in [0, 0.1) is 11.2 Å². The maximum absolute atomic E-state index is 12.9. The van der Waals surface area contributed by atoms with Crippen molar-refractivity contribution < 1.29 is 17.5 Å². The topological polar surface area (TPSA) is 67.4 Å². The van der Waals surface area contributed by atoms with E-state index in [0.29, 0.717) is 18.7 Å². The molecular weight excluding hydrogens is 307 g/mol. The van der Waals surface area contributed by atoms with Crippen LogP contribution in [0.4, 0.5) is 4.39 Å². The molecule has 2 N–H and O–H groups in total. The van der Waals surface area contributed by atoms with E-state index in [-0.39, 0.29) is 17.0 Å². The van der Waals surface area contributed by atoms with Crippen molar-refractivity contribution in [3.63, 3.8) is 0 Å². The smallest absolute Gasteiger partial charge is 0.215 e. The highest BCUT2D eigenvalue weighted by Crippen LogP contribution is 2.28. The fourth-order valence-corrected chi connectivity index (χ4v) is 4.01. The van der Waals surface area contributed by atoms with Crippen LogP contribution in [-0.4, -0.2) is 41.8 Å². The Bertz CT molecular complexity index is 563. The lowest BCUT2D eigenvalue weighted by Gasteiger charge is -2.37. The summed E-state index contributed by atoms with van der Waals surface area (Å²) in [5.74, 6) is -0.517. The third-order valence-electron chi connectivity index (χ3n) is 4.05. The van der Waals surface area contributed by atoms with Crippen molar-refractivity contribution in [1.82, 2.24) is 10.0 Å². The summed E-state index contributed by atoms with van der Waals surface area (Å²) in [6.45, 7) is 2.63. The Morgan fingerprint density at radius 1 is 1.27 bits per heavy atom. The predicted molar refractivity (Wildman–Crippen MR) is 83.4 cm³/mol. The molecule has 22 heavy (non-hydrogen) atoms. The quantitative estimate of drug-likeness (QED) is 0.790. The average molecular weight is 330 g/mol. The van der Waals surface area contributed by atoms with Crippen LogP contribution in [0.2, 0.25) is 0 Å². The van der Waals surface area contributed by atoms with Gasteiger partial charge in [-0.25, -0.2) is 17.5 Å². The Balaban J connectivity index is 1.96. The molecule has 7 heteroatoms. The van der Waals surface area contributed by atoms with Crippen LogP contribution in [0.3, 0.4) is 0 Å². The summed E-state index contributed by atoms with van der Waals surface area (Å²) >= 11 is 0. The summed E-state index contributed by atoms with van der Waals surface area (Å²) in [7, 11) is -1.82. The molecule has 5 nitrogen and oxygen atoms in total. The first-order valence-electron chi connectivity index (χ1n) is 7.36. The van der Waals surface area contributed by atoms with Gasteiger partial charge in [0.2, 0.25) is 10.0 Å². The number of ether oxygens (including phenoxy) is 1. The van der Waals surface area contributed by atoms with E-state index in [4.69, 9.17) is 4.74 Å². The summed E-state index contributed by atoms with van der Waals surface area (Å²) in [6.07, 6.45) is 1.75. The molecule has 0 aromatic heterocycles. The van der Waals surface area contributed by atoms with E-state index in [1.165, 1.54) is 24.3 Å². The van der Waals surface area contributed by atoms with Crippen molar-refractivity contribution in [1.29, 1.82) is 0 Å². The molecule has 0 bridgehead atoms. The molecule has 0 amide bonds. The van der Waals surface area contributed by atoms with E-state index in [9.17, 15) is 12.8 Å². The minimum absolute atomic E-state index is 0.144. The Morgan fingerprint density at radius 2 is 1.91 bits per heavy atom. The highest BCUT2D eigenvalue weighted by atomic mass is 32.2. The lowest BCUT2D eigenvalue weighted by atomic mass is 9.80. The van der Waals surface area contributed by atoms with E-state index in [1.807, 2.05) is 0 Å². The first-order valence-corrected chi connectivity index (χ1v) is 9.01. The molecule has 1 heterocycles. The van der Waals surface area contributed by atoms with Crippen LogP contribution < -0.4 is 10.0 Å². The van der Waals surface area contributed by atoms with Gasteiger partial charge in [-0.2, -0.15) is 0 Å². The molecule has 1 saturated heterocycles. The molecule has 0 radical (unpaired) electrons. The van der Waals surface area contributed by atoms with E-state index in [1.54, 1.807) is 7.11 Å². The fraction of sp³-hybridized carbons (Fsp3) is 0.600. The summed E-state index contributed by atoms with van der Waals surface area (Å²) < 4.78 is 45.3. The second kappa shape index (κ2) is 7.50. The largest absolute Gasteiger partial charge is 0.384 e. The van der Waals surface area contributed by atoms with Gasteiger partial charge < -0.3 is 10.1 Å². The zero-order valence-electron chi connectivity index (χ0n) is 12.8. The number of rotatable bonds is 7. The first-order chi connectivity index (χ1) is 10.4. The fourth-order valence-electron chi connectivity index (χ4n) is 2.75.